The van der Waals surface area contributed by atoms with Gasteiger partial charge >= 0.3 is 0 Å². The molecule has 3 rings (SSSR count). The summed E-state index contributed by atoms with van der Waals surface area (Å²) in [6, 6.07) is 0. The number of aromatic nitrogens is 3. The zero-order valence-electron chi connectivity index (χ0n) is 9.32. The van der Waals surface area contributed by atoms with Gasteiger partial charge in [-0.05, 0) is 44.3 Å². The lowest BCUT2D eigenvalue weighted by atomic mass is 10.1. The van der Waals surface area contributed by atoms with Crippen LogP contribution in [0.15, 0.2) is 0 Å². The Balaban J connectivity index is 1.76. The molecule has 0 bridgehead atoms. The Morgan fingerprint density at radius 2 is 2.25 bits per heavy atom. The van der Waals surface area contributed by atoms with Crippen molar-refractivity contribution in [1.82, 2.24) is 14.8 Å². The van der Waals surface area contributed by atoms with Crippen LogP contribution in [-0.4, -0.2) is 27.5 Å². The molecule has 1 aliphatic heterocycles. The van der Waals surface area contributed by atoms with Crippen LogP contribution in [0.5, 0.6) is 0 Å². The number of hydrogen-bond acceptors (Lipinski definition) is 3. The van der Waals surface area contributed by atoms with Gasteiger partial charge in [-0.1, -0.05) is 0 Å². The van der Waals surface area contributed by atoms with E-state index in [0.29, 0.717) is 12.0 Å². The van der Waals surface area contributed by atoms with Crippen molar-refractivity contribution >= 4 is 12.2 Å². The van der Waals surface area contributed by atoms with E-state index in [2.05, 4.69) is 14.8 Å². The van der Waals surface area contributed by atoms with Crippen LogP contribution in [0.4, 0.5) is 0 Å². The van der Waals surface area contributed by atoms with Gasteiger partial charge in [-0.2, -0.15) is 5.10 Å². The summed E-state index contributed by atoms with van der Waals surface area (Å²) in [4.78, 5) is 0. The minimum absolute atomic E-state index is 0.329. The van der Waals surface area contributed by atoms with E-state index in [-0.39, 0.29) is 0 Å². The zero-order valence-corrected chi connectivity index (χ0v) is 10.1. The summed E-state index contributed by atoms with van der Waals surface area (Å²) < 4.78 is 8.64. The van der Waals surface area contributed by atoms with Gasteiger partial charge in [-0.3, -0.25) is 5.10 Å². The number of nitrogens with one attached hydrogen (secondary N) is 1. The molecule has 5 heteroatoms. The van der Waals surface area contributed by atoms with Crippen LogP contribution in [0.25, 0.3) is 0 Å². The molecule has 4 nitrogen and oxygen atoms in total. The van der Waals surface area contributed by atoms with Crippen LogP contribution in [0.1, 0.15) is 43.8 Å². The van der Waals surface area contributed by atoms with Gasteiger partial charge in [0.1, 0.15) is 5.82 Å². The quantitative estimate of drug-likeness (QED) is 0.824. The SMILES string of the molecule is S=c1[nH]nc(C2CC2)n1CC1CCCCO1. The predicted molar refractivity (Wildman–Crippen MR) is 63.0 cm³/mol. The summed E-state index contributed by atoms with van der Waals surface area (Å²) in [5, 5.41) is 7.24. The van der Waals surface area contributed by atoms with Gasteiger partial charge in [0.25, 0.3) is 0 Å². The second-order valence-electron chi connectivity index (χ2n) is 4.76. The molecular formula is C11H17N3OS. The third-order valence-electron chi connectivity index (χ3n) is 3.39. The molecule has 0 radical (unpaired) electrons. The van der Waals surface area contributed by atoms with Crippen LogP contribution < -0.4 is 0 Å². The third kappa shape index (κ3) is 2.06. The molecule has 1 saturated heterocycles. The van der Waals surface area contributed by atoms with Gasteiger partial charge in [-0.15, -0.1) is 0 Å². The van der Waals surface area contributed by atoms with Crippen molar-refractivity contribution < 1.29 is 4.74 Å². The fourth-order valence-electron chi connectivity index (χ4n) is 2.31. The molecule has 88 valence electrons. The second kappa shape index (κ2) is 4.30. The normalized spacial score (nSPS) is 25.9. The first-order valence-corrected chi connectivity index (χ1v) is 6.52. The number of H-pyrrole nitrogens is 1. The number of ether oxygens (including phenoxy) is 1. The monoisotopic (exact) mass is 239 g/mol. The lowest BCUT2D eigenvalue weighted by molar-refractivity contribution is 0.00528. The smallest absolute Gasteiger partial charge is 0.195 e. The van der Waals surface area contributed by atoms with Gasteiger partial charge in [0.05, 0.1) is 12.6 Å². The maximum absolute atomic E-state index is 5.75. The number of aromatic amines is 1. The highest BCUT2D eigenvalue weighted by Gasteiger charge is 2.29. The van der Waals surface area contributed by atoms with E-state index >= 15 is 0 Å². The molecule has 0 amide bonds. The van der Waals surface area contributed by atoms with E-state index in [0.717, 1.165) is 30.2 Å². The first-order valence-electron chi connectivity index (χ1n) is 6.11. The highest BCUT2D eigenvalue weighted by atomic mass is 32.1. The highest BCUT2D eigenvalue weighted by molar-refractivity contribution is 7.71. The lowest BCUT2D eigenvalue weighted by Crippen LogP contribution is -2.25. The Kier molecular flexibility index (Phi) is 2.81. The highest BCUT2D eigenvalue weighted by Crippen LogP contribution is 2.39. The Morgan fingerprint density at radius 1 is 1.38 bits per heavy atom. The molecule has 1 unspecified atom stereocenters. The van der Waals surface area contributed by atoms with Gasteiger partial charge in [0, 0.05) is 12.5 Å². The first-order chi connectivity index (χ1) is 7.84. The van der Waals surface area contributed by atoms with Crippen molar-refractivity contribution in [3.8, 4) is 0 Å². The van der Waals surface area contributed by atoms with Crippen LogP contribution >= 0.6 is 12.2 Å². The molecule has 16 heavy (non-hydrogen) atoms. The molecule has 1 aromatic heterocycles. The van der Waals surface area contributed by atoms with Crippen molar-refractivity contribution in [1.29, 1.82) is 0 Å². The second-order valence-corrected chi connectivity index (χ2v) is 5.15. The van der Waals surface area contributed by atoms with Crippen molar-refractivity contribution in [2.45, 2.75) is 50.7 Å². The Hall–Kier alpha value is -0.680. The van der Waals surface area contributed by atoms with Crippen molar-refractivity contribution in [3.63, 3.8) is 0 Å². The van der Waals surface area contributed by atoms with Crippen LogP contribution in [0.2, 0.25) is 0 Å². The Labute approximate surface area is 100 Å². The Bertz CT molecular complexity index is 415. The first kappa shape index (κ1) is 10.5. The third-order valence-corrected chi connectivity index (χ3v) is 3.70. The maximum Gasteiger partial charge on any atom is 0.195 e. The topological polar surface area (TPSA) is 42.8 Å². The van der Waals surface area contributed by atoms with E-state index in [1.54, 1.807) is 0 Å². The van der Waals surface area contributed by atoms with E-state index < -0.39 is 0 Å². The van der Waals surface area contributed by atoms with E-state index in [4.69, 9.17) is 17.0 Å². The molecule has 0 aromatic carbocycles. The lowest BCUT2D eigenvalue weighted by Gasteiger charge is -2.23. The molecule has 2 fully saturated rings. The van der Waals surface area contributed by atoms with Gasteiger partial charge in [0.2, 0.25) is 0 Å². The molecular weight excluding hydrogens is 222 g/mol. The van der Waals surface area contributed by atoms with Crippen molar-refractivity contribution in [2.24, 2.45) is 0 Å². The van der Waals surface area contributed by atoms with Crippen LogP contribution in [0.3, 0.4) is 0 Å². The largest absolute Gasteiger partial charge is 0.376 e. The van der Waals surface area contributed by atoms with Gasteiger partial charge in [0.15, 0.2) is 4.77 Å². The summed E-state index contributed by atoms with van der Waals surface area (Å²) in [7, 11) is 0. The molecule has 1 aliphatic carbocycles. The summed E-state index contributed by atoms with van der Waals surface area (Å²) in [6.45, 7) is 1.77. The molecule has 1 aromatic rings. The molecule has 1 N–H and O–H groups in total. The predicted octanol–water partition coefficient (Wildman–Crippen LogP) is 2.39. The summed E-state index contributed by atoms with van der Waals surface area (Å²) >= 11 is 5.28. The summed E-state index contributed by atoms with van der Waals surface area (Å²) in [5.41, 5.74) is 0. The van der Waals surface area contributed by atoms with Gasteiger partial charge in [-0.25, -0.2) is 0 Å². The standard InChI is InChI=1S/C11H17N3OS/c16-11-13-12-10(8-4-5-8)14(11)7-9-3-1-2-6-15-9/h8-9H,1-7H2,(H,13,16). The average Bonchev–Trinajstić information content (AvgIpc) is 3.08. The minimum Gasteiger partial charge on any atom is -0.376 e. The van der Waals surface area contributed by atoms with E-state index in [1.807, 2.05) is 0 Å². The van der Waals surface area contributed by atoms with Crippen LogP contribution in [-0.2, 0) is 11.3 Å². The number of rotatable bonds is 3. The number of hydrogen-bond donors (Lipinski definition) is 1. The van der Waals surface area contributed by atoms with E-state index in [9.17, 15) is 0 Å². The zero-order chi connectivity index (χ0) is 11.0. The molecule has 2 heterocycles. The molecule has 0 spiro atoms. The summed E-state index contributed by atoms with van der Waals surface area (Å²) in [5.74, 6) is 1.77. The van der Waals surface area contributed by atoms with E-state index in [1.165, 1.54) is 25.7 Å². The van der Waals surface area contributed by atoms with Crippen molar-refractivity contribution in [2.75, 3.05) is 6.61 Å². The van der Waals surface area contributed by atoms with Crippen LogP contribution in [0, 0.1) is 4.77 Å². The molecule has 2 aliphatic rings. The summed E-state index contributed by atoms with van der Waals surface area (Å²) in [6.07, 6.45) is 6.46. The van der Waals surface area contributed by atoms with Gasteiger partial charge < -0.3 is 9.30 Å². The fraction of sp³-hybridized carbons (Fsp3) is 0.818. The molecule has 1 atom stereocenters. The van der Waals surface area contributed by atoms with Crippen molar-refractivity contribution in [3.05, 3.63) is 10.6 Å². The maximum atomic E-state index is 5.75. The average molecular weight is 239 g/mol. The number of nitrogens with zero attached hydrogens (tertiary/aromatic N) is 2. The fourth-order valence-corrected chi connectivity index (χ4v) is 2.53. The molecule has 1 saturated carbocycles. The minimum atomic E-state index is 0.329. The Morgan fingerprint density at radius 3 is 2.94 bits per heavy atom.